The molecule has 0 aliphatic carbocycles. The van der Waals surface area contributed by atoms with Crippen LogP contribution in [0.2, 0.25) is 0 Å². The van der Waals surface area contributed by atoms with Gasteiger partial charge in [-0.15, -0.1) is 17.9 Å². The average Bonchev–Trinajstić information content (AvgIpc) is 3.64. The summed E-state index contributed by atoms with van der Waals surface area (Å²) in [6, 6.07) is 15.5. The van der Waals surface area contributed by atoms with Crippen LogP contribution in [0, 0.1) is 18.1 Å². The fourth-order valence-electron chi connectivity index (χ4n) is 4.85. The molecular weight excluding hydrogens is 861 g/mol. The molecule has 5 rings (SSSR count). The van der Waals surface area contributed by atoms with Crippen LogP contribution in [0.4, 0.5) is 19.3 Å². The summed E-state index contributed by atoms with van der Waals surface area (Å²) in [6.45, 7) is 1.05. The van der Waals surface area contributed by atoms with Crippen LogP contribution in [0.15, 0.2) is 77.1 Å². The van der Waals surface area contributed by atoms with Crippen molar-refractivity contribution in [3.63, 3.8) is 0 Å². The number of hydrogen-bond donors (Lipinski definition) is 2. The number of fused-ring (bicyclic) bond motifs is 1. The van der Waals surface area contributed by atoms with Crippen molar-refractivity contribution in [3.05, 3.63) is 95.9 Å². The van der Waals surface area contributed by atoms with Gasteiger partial charge in [0.2, 0.25) is 10.0 Å². The number of aliphatic hydroxyl groups excluding tert-OH is 1. The number of carbonyl (C=O) groups is 2. The zero-order chi connectivity index (χ0) is 31.4. The van der Waals surface area contributed by atoms with Crippen LogP contribution >= 0.6 is 11.3 Å². The molecule has 0 radical (unpaired) electrons. The zero-order valence-corrected chi connectivity index (χ0v) is 28.4. The molecule has 1 aliphatic rings. The Hall–Kier alpha value is -4.98. The summed E-state index contributed by atoms with van der Waals surface area (Å²) < 4.78 is 61.6. The number of nitrogens with one attached hydrogen (secondary N) is 1. The minimum atomic E-state index is -4.06. The maximum atomic E-state index is 13.8. The molecule has 3 atom stereocenters. The predicted octanol–water partition coefficient (Wildman–Crippen LogP) is 3.90. The SMILES string of the molecule is C[CH-]CN(C[C@@H](O)[C@H](Cc1ccccc1)NC(=O)C1CN(c2ccc(F)c(F)c2)C(=O)O1)S(=O)(=O)c1ccc2ncsc2c1.[Cm]. The van der Waals surface area contributed by atoms with E-state index in [-0.39, 0.29) is 36.6 Å². The second-order valence-corrected chi connectivity index (χ2v) is 13.0. The van der Waals surface area contributed by atoms with E-state index >= 15 is 0 Å². The number of aromatic nitrogens is 1. The summed E-state index contributed by atoms with van der Waals surface area (Å²) in [7, 11) is -4.06. The number of aliphatic hydroxyl groups is 1. The summed E-state index contributed by atoms with van der Waals surface area (Å²) in [5.41, 5.74) is 3.07. The van der Waals surface area contributed by atoms with Crippen LogP contribution in [0.5, 0.6) is 0 Å². The third-order valence-corrected chi connectivity index (χ3v) is 9.75. The summed E-state index contributed by atoms with van der Waals surface area (Å²) in [6.07, 6.45) is -1.84. The first-order valence-corrected chi connectivity index (χ1v) is 16.0. The Morgan fingerprint density at radius 1 is 1.18 bits per heavy atom. The molecule has 0 spiro atoms. The molecule has 2 amide bonds. The first-order chi connectivity index (χ1) is 21.1. The summed E-state index contributed by atoms with van der Waals surface area (Å²) >= 11 is 1.31. The van der Waals surface area contributed by atoms with Crippen LogP contribution < -0.4 is 10.2 Å². The molecule has 0 bridgehead atoms. The summed E-state index contributed by atoms with van der Waals surface area (Å²) in [5.74, 6) is -2.99. The molecule has 240 valence electrons. The van der Waals surface area contributed by atoms with Gasteiger partial charge >= 0.3 is 6.09 Å². The maximum Gasteiger partial charge on any atom is 0.415 e. The molecule has 2 heterocycles. The van der Waals surface area contributed by atoms with Gasteiger partial charge in [-0.25, -0.2) is 31.3 Å². The quantitative estimate of drug-likeness (QED) is 0.207. The molecular formula is C30H29CmF2N4O6S2-. The van der Waals surface area contributed by atoms with Gasteiger partial charge in [-0.2, -0.15) is 6.92 Å². The van der Waals surface area contributed by atoms with E-state index < -0.39 is 51.9 Å². The van der Waals surface area contributed by atoms with Crippen molar-refractivity contribution in [2.75, 3.05) is 24.5 Å². The molecule has 2 N–H and O–H groups in total. The number of thiazole rings is 1. The normalized spacial score (nSPS) is 16.3. The van der Waals surface area contributed by atoms with Gasteiger partial charge in [-0.1, -0.05) is 30.3 Å². The van der Waals surface area contributed by atoms with E-state index in [0.29, 0.717) is 10.2 Å². The molecule has 0 saturated carbocycles. The van der Waals surface area contributed by atoms with E-state index in [1.165, 1.54) is 29.5 Å². The van der Waals surface area contributed by atoms with Gasteiger partial charge in [-0.05, 0) is 42.3 Å². The molecule has 1 fully saturated rings. The smallest absolute Gasteiger partial charge is 0.415 e. The third-order valence-electron chi connectivity index (χ3n) is 7.13. The topological polar surface area (TPSA) is 129 Å². The molecule has 3 aromatic carbocycles. The Morgan fingerprint density at radius 3 is 2.64 bits per heavy atom. The number of rotatable bonds is 12. The Kier molecular flexibility index (Phi) is 10.1. The van der Waals surface area contributed by atoms with E-state index in [1.54, 1.807) is 49.2 Å². The molecule has 1 saturated heterocycles. The first-order valence-electron chi connectivity index (χ1n) is 13.6. The van der Waals surface area contributed by atoms with Crippen molar-refractivity contribution in [3.8, 4) is 0 Å². The Morgan fingerprint density at radius 2 is 1.93 bits per heavy atom. The van der Waals surface area contributed by atoms with Gasteiger partial charge in [0.1, 0.15) is 0 Å². The number of amides is 2. The van der Waals surface area contributed by atoms with Gasteiger partial charge in [0.05, 0.1) is 45.0 Å². The Labute approximate surface area is 256 Å². The van der Waals surface area contributed by atoms with Crippen molar-refractivity contribution in [1.29, 1.82) is 0 Å². The monoisotopic (exact) mass is 886 g/mol. The van der Waals surface area contributed by atoms with E-state index in [1.807, 2.05) is 6.07 Å². The zero-order valence-electron chi connectivity index (χ0n) is 23.8. The first kappa shape index (κ1) is 32.9. The van der Waals surface area contributed by atoms with Crippen LogP contribution in [0.3, 0.4) is 0 Å². The number of cyclic esters (lactones) is 1. The van der Waals surface area contributed by atoms with E-state index in [4.69, 9.17) is 4.74 Å². The van der Waals surface area contributed by atoms with Crippen LogP contribution in [0.1, 0.15) is 12.5 Å². The van der Waals surface area contributed by atoms with Gasteiger partial charge in [-0.3, -0.25) is 9.69 Å². The van der Waals surface area contributed by atoms with Crippen LogP contribution in [-0.4, -0.2) is 72.7 Å². The Bertz CT molecular complexity index is 1760. The number of carbonyl (C=O) groups excluding carboxylic acids is 2. The number of sulfonamides is 1. The average molecular weight is 891 g/mol. The van der Waals surface area contributed by atoms with Crippen molar-refractivity contribution >= 4 is 49.3 Å². The standard InChI is InChI=1S/C30H29F2N4O6S2.Cm/c1-2-12-35(44(40,41)21-9-11-24-28(15-21)43-18-33-24)16-26(37)25(13-19-6-4-3-5-7-19)34-29(38)27-17-36(30(39)42-27)20-8-10-22(31)23(32)14-20;/h2-11,14-15,18,25-27,37H,12-13,16-17H2,1H3,(H,34,38);/q-1;/t25-,26+,27?;/m0./s1. The van der Waals surface area contributed by atoms with Crippen LogP contribution in [-0.2, 0) is 26.0 Å². The molecule has 10 nitrogen and oxygen atoms in total. The maximum absolute atomic E-state index is 13.8. The summed E-state index contributed by atoms with van der Waals surface area (Å²) in [5, 5.41) is 14.1. The second-order valence-electron chi connectivity index (χ2n) is 10.2. The fourth-order valence-corrected chi connectivity index (χ4v) is 7.14. The predicted molar refractivity (Wildman–Crippen MR) is 160 cm³/mol. The minimum Gasteiger partial charge on any atom is -0.434 e. The van der Waals surface area contributed by atoms with Crippen molar-refractivity contribution in [2.45, 2.75) is 36.5 Å². The van der Waals surface area contributed by atoms with Crippen LogP contribution in [0.25, 0.3) is 10.2 Å². The molecule has 1 aliphatic heterocycles. The number of nitrogens with zero attached hydrogens (tertiary/aromatic N) is 3. The number of anilines is 1. The van der Waals surface area contributed by atoms with Gasteiger partial charge in [0.25, 0.3) is 5.91 Å². The number of benzene rings is 3. The van der Waals surface area contributed by atoms with Crippen molar-refractivity contribution in [2.24, 2.45) is 0 Å². The van der Waals surface area contributed by atoms with Gasteiger partial charge < -0.3 is 21.6 Å². The molecule has 1 aromatic heterocycles. The third kappa shape index (κ3) is 7.23. The second kappa shape index (κ2) is 13.8. The molecule has 1 unspecified atom stereocenters. The van der Waals surface area contributed by atoms with E-state index in [9.17, 15) is 31.9 Å². The van der Waals surface area contributed by atoms with E-state index in [0.717, 1.165) is 26.9 Å². The summed E-state index contributed by atoms with van der Waals surface area (Å²) in [4.78, 5) is 31.1. The molecule has 4 aromatic rings. The largest absolute Gasteiger partial charge is 0.434 e. The van der Waals surface area contributed by atoms with Crippen molar-refractivity contribution in [1.82, 2.24) is 14.6 Å². The Balaban J connectivity index is 0.00000461. The number of halogens is 2. The minimum absolute atomic E-state index is 0. The van der Waals surface area contributed by atoms with Gasteiger partial charge in [0, 0.05) is 12.6 Å². The fraction of sp³-hybridized carbons (Fsp3) is 0.267. The number of hydrogen-bond acceptors (Lipinski definition) is 8. The molecule has 15 heteroatoms. The number of ether oxygens (including phenoxy) is 1. The molecule has 45 heavy (non-hydrogen) atoms. The van der Waals surface area contributed by atoms with Gasteiger partial charge in [0.15, 0.2) is 17.7 Å². The van der Waals surface area contributed by atoms with E-state index in [2.05, 4.69) is 10.3 Å². The van der Waals surface area contributed by atoms with Crippen molar-refractivity contribution < 1.29 is 36.6 Å².